The van der Waals surface area contributed by atoms with E-state index in [0.29, 0.717) is 17.4 Å². The lowest BCUT2D eigenvalue weighted by Crippen LogP contribution is -2.41. The van der Waals surface area contributed by atoms with Gasteiger partial charge in [-0.1, -0.05) is 6.07 Å². The van der Waals surface area contributed by atoms with Gasteiger partial charge in [-0.15, -0.1) is 0 Å². The first kappa shape index (κ1) is 24.0. The van der Waals surface area contributed by atoms with Crippen molar-refractivity contribution >= 4 is 63.2 Å². The Morgan fingerprint density at radius 1 is 1.15 bits per heavy atom. The van der Waals surface area contributed by atoms with Crippen LogP contribution in [0, 0.1) is 0 Å². The molecule has 3 rings (SSSR count). The second kappa shape index (κ2) is 10.8. The normalized spacial score (nSPS) is 11.5. The molecule has 1 aromatic heterocycles. The number of H-pyrrole nitrogens is 1. The first-order valence-corrected chi connectivity index (χ1v) is 10.9. The fourth-order valence-electron chi connectivity index (χ4n) is 3.08. The second-order valence-corrected chi connectivity index (χ2v) is 7.69. The maximum atomic E-state index is 12.4. The molecule has 2 amide bonds. The van der Waals surface area contributed by atoms with Gasteiger partial charge in [0.15, 0.2) is 0 Å². The molecule has 3 aromatic rings. The number of nitrogens with zero attached hydrogens (tertiary/aromatic N) is 1. The van der Waals surface area contributed by atoms with Crippen molar-refractivity contribution in [3.8, 4) is 0 Å². The molecule has 0 bridgehead atoms. The van der Waals surface area contributed by atoms with Gasteiger partial charge in [0, 0.05) is 24.2 Å². The average Bonchev–Trinajstić information content (AvgIpc) is 2.80. The summed E-state index contributed by atoms with van der Waals surface area (Å²) >= 11 is 1.67. The van der Waals surface area contributed by atoms with Gasteiger partial charge in [-0.05, 0) is 48.4 Å². The maximum absolute atomic E-state index is 12.4. The van der Waals surface area contributed by atoms with Crippen LogP contribution in [0.15, 0.2) is 47.3 Å². The Labute approximate surface area is 201 Å². The van der Waals surface area contributed by atoms with Crippen LogP contribution in [0.4, 0.5) is 11.6 Å². The van der Waals surface area contributed by atoms with Crippen LogP contribution in [0.1, 0.15) is 28.8 Å². The number of carboxylic acid groups (broad SMARTS) is 1. The van der Waals surface area contributed by atoms with Crippen LogP contribution in [-0.4, -0.2) is 38.9 Å². The van der Waals surface area contributed by atoms with E-state index in [-0.39, 0.29) is 35.8 Å². The fourth-order valence-corrected chi connectivity index (χ4v) is 3.35. The molecule has 0 saturated heterocycles. The lowest BCUT2D eigenvalue weighted by atomic mass is 10.1. The average molecular weight is 564 g/mol. The molecule has 0 unspecified atom stereocenters. The third-order valence-corrected chi connectivity index (χ3v) is 5.40. The summed E-state index contributed by atoms with van der Waals surface area (Å²) in [5.41, 5.74) is 7.60. The molecule has 11 nitrogen and oxygen atoms in total. The molecule has 1 atom stereocenters. The number of halogens is 1. The number of hydrogen-bond donors (Lipinski definition) is 6. The largest absolute Gasteiger partial charge is 0.480 e. The van der Waals surface area contributed by atoms with Crippen LogP contribution in [0.3, 0.4) is 0 Å². The number of hydrogen-bond acceptors (Lipinski definition) is 7. The Morgan fingerprint density at radius 3 is 2.55 bits per heavy atom. The molecule has 33 heavy (non-hydrogen) atoms. The van der Waals surface area contributed by atoms with E-state index in [1.54, 1.807) is 59.3 Å². The van der Waals surface area contributed by atoms with Crippen molar-refractivity contribution in [2.45, 2.75) is 25.4 Å². The number of rotatable bonds is 9. The minimum atomic E-state index is -1.21. The number of aromatic amines is 1. The third-order valence-electron chi connectivity index (χ3n) is 4.80. The van der Waals surface area contributed by atoms with Gasteiger partial charge in [0.25, 0.3) is 11.5 Å². The maximum Gasteiger partial charge on any atom is 0.326 e. The summed E-state index contributed by atoms with van der Waals surface area (Å²) in [4.78, 5) is 53.7. The van der Waals surface area contributed by atoms with E-state index in [4.69, 9.17) is 5.73 Å². The zero-order chi connectivity index (χ0) is 24.0. The van der Waals surface area contributed by atoms with Gasteiger partial charge < -0.3 is 21.5 Å². The summed E-state index contributed by atoms with van der Waals surface area (Å²) in [5.74, 6) is -2.02. The number of fused-ring (bicyclic) bond motifs is 1. The van der Waals surface area contributed by atoms with Crippen LogP contribution >= 0.6 is 22.9 Å². The number of aromatic nitrogens is 2. The van der Waals surface area contributed by atoms with Gasteiger partial charge in [0.1, 0.15) is 6.04 Å². The number of nitrogens with two attached hydrogens (primary N) is 1. The SMILES string of the molecule is Nc1nc2ccc(CNc3ccc(C(=O)N[C@@H](CCC(=O)NI)C(=O)O)cc3)cc2c(=O)[nH]1. The Morgan fingerprint density at radius 2 is 1.88 bits per heavy atom. The highest BCUT2D eigenvalue weighted by Gasteiger charge is 2.21. The first-order chi connectivity index (χ1) is 15.8. The van der Waals surface area contributed by atoms with Crippen molar-refractivity contribution in [1.82, 2.24) is 18.8 Å². The Bertz CT molecular complexity index is 1240. The van der Waals surface area contributed by atoms with Crippen molar-refractivity contribution in [3.05, 3.63) is 63.9 Å². The molecule has 0 aliphatic rings. The minimum absolute atomic E-state index is 0.0207. The molecular weight excluding hydrogens is 543 g/mol. The first-order valence-electron chi connectivity index (χ1n) is 9.82. The van der Waals surface area contributed by atoms with E-state index in [1.165, 1.54) is 0 Å². The molecule has 0 aliphatic heterocycles. The van der Waals surface area contributed by atoms with E-state index >= 15 is 0 Å². The molecule has 0 saturated carbocycles. The highest BCUT2D eigenvalue weighted by atomic mass is 127. The van der Waals surface area contributed by atoms with E-state index in [9.17, 15) is 24.3 Å². The predicted octanol–water partition coefficient (Wildman–Crippen LogP) is 1.55. The van der Waals surface area contributed by atoms with Crippen molar-refractivity contribution in [1.29, 1.82) is 0 Å². The van der Waals surface area contributed by atoms with Crippen LogP contribution in [0.2, 0.25) is 0 Å². The fraction of sp³-hybridized carbons (Fsp3) is 0.190. The van der Waals surface area contributed by atoms with Crippen LogP contribution < -0.4 is 25.5 Å². The number of anilines is 2. The molecule has 0 fully saturated rings. The molecule has 0 aliphatic carbocycles. The van der Waals surface area contributed by atoms with E-state index < -0.39 is 17.9 Å². The molecule has 7 N–H and O–H groups in total. The molecule has 0 radical (unpaired) electrons. The number of amides is 2. The number of nitrogens with one attached hydrogen (secondary N) is 4. The van der Waals surface area contributed by atoms with Crippen molar-refractivity contribution in [2.24, 2.45) is 0 Å². The van der Waals surface area contributed by atoms with Gasteiger partial charge in [-0.25, -0.2) is 9.78 Å². The lowest BCUT2D eigenvalue weighted by molar-refractivity contribution is -0.139. The number of benzene rings is 2. The number of carbonyl (C=O) groups excluding carboxylic acids is 2. The quantitative estimate of drug-likeness (QED) is 0.167. The lowest BCUT2D eigenvalue weighted by Gasteiger charge is -2.14. The zero-order valence-electron chi connectivity index (χ0n) is 17.2. The standard InChI is InChI=1S/C21H21IN6O5/c22-28-17(29)8-7-16(20(32)33)25-18(30)12-2-4-13(5-3-12)24-10-11-1-6-15-14(9-11)19(31)27-21(23)26-15/h1-6,9,16,24H,7-8,10H2,(H,25,30)(H,28,29)(H,32,33)(H3,23,26,27,31)/t16-/m0/s1. The Kier molecular flexibility index (Phi) is 7.82. The number of nitrogen functional groups attached to an aromatic ring is 1. The third kappa shape index (κ3) is 6.41. The summed E-state index contributed by atoms with van der Waals surface area (Å²) in [6.07, 6.45) is -0.0423. The Balaban J connectivity index is 1.61. The van der Waals surface area contributed by atoms with Crippen LogP contribution in [0.25, 0.3) is 10.9 Å². The van der Waals surface area contributed by atoms with Gasteiger partial charge in [-0.3, -0.25) is 22.9 Å². The summed E-state index contributed by atoms with van der Waals surface area (Å²) in [6.45, 7) is 0.422. The zero-order valence-corrected chi connectivity index (χ0v) is 19.4. The number of carboxylic acids is 1. The van der Waals surface area contributed by atoms with Gasteiger partial charge in [0.2, 0.25) is 11.9 Å². The van der Waals surface area contributed by atoms with E-state index in [1.807, 2.05) is 6.07 Å². The summed E-state index contributed by atoms with van der Waals surface area (Å²) in [7, 11) is 0. The topological polar surface area (TPSA) is 179 Å². The molecule has 172 valence electrons. The summed E-state index contributed by atoms with van der Waals surface area (Å²) < 4.78 is 2.38. The molecule has 2 aromatic carbocycles. The molecular formula is C21H21IN6O5. The van der Waals surface area contributed by atoms with Crippen molar-refractivity contribution < 1.29 is 19.5 Å². The highest BCUT2D eigenvalue weighted by Crippen LogP contribution is 2.15. The number of carbonyl (C=O) groups is 3. The highest BCUT2D eigenvalue weighted by molar-refractivity contribution is 14.1. The monoisotopic (exact) mass is 564 g/mol. The molecule has 12 heteroatoms. The molecule has 0 spiro atoms. The van der Waals surface area contributed by atoms with Crippen molar-refractivity contribution in [2.75, 3.05) is 11.1 Å². The second-order valence-electron chi connectivity index (χ2n) is 7.15. The van der Waals surface area contributed by atoms with Crippen LogP contribution in [-0.2, 0) is 16.1 Å². The number of aliphatic carboxylic acids is 1. The smallest absolute Gasteiger partial charge is 0.326 e. The Hall–Kier alpha value is -3.68. The predicted molar refractivity (Wildman–Crippen MR) is 131 cm³/mol. The van der Waals surface area contributed by atoms with E-state index in [0.717, 1.165) is 11.3 Å². The van der Waals surface area contributed by atoms with Gasteiger partial charge >= 0.3 is 5.97 Å². The van der Waals surface area contributed by atoms with E-state index in [2.05, 4.69) is 24.1 Å². The van der Waals surface area contributed by atoms with Crippen LogP contribution in [0.5, 0.6) is 0 Å². The van der Waals surface area contributed by atoms with Gasteiger partial charge in [0.05, 0.1) is 33.8 Å². The summed E-state index contributed by atoms with van der Waals surface area (Å²) in [5, 5.41) is 15.3. The minimum Gasteiger partial charge on any atom is -0.480 e. The van der Waals surface area contributed by atoms with Gasteiger partial charge in [-0.2, -0.15) is 0 Å². The van der Waals surface area contributed by atoms with Crippen molar-refractivity contribution in [3.63, 3.8) is 0 Å². The summed E-state index contributed by atoms with van der Waals surface area (Å²) in [6, 6.07) is 10.6. The molecule has 1 heterocycles.